The van der Waals surface area contributed by atoms with E-state index in [2.05, 4.69) is 14.9 Å². The second-order valence-corrected chi connectivity index (χ2v) is 10.8. The third kappa shape index (κ3) is 4.08. The van der Waals surface area contributed by atoms with E-state index in [0.717, 1.165) is 37.3 Å². The molecule has 1 aromatic carbocycles. The molecule has 0 saturated heterocycles. The Balaban J connectivity index is 1.80. The van der Waals surface area contributed by atoms with Gasteiger partial charge in [0, 0.05) is 12.2 Å². The first-order valence-corrected chi connectivity index (χ1v) is 10.9. The Labute approximate surface area is 160 Å². The maximum atomic E-state index is 12.7. The van der Waals surface area contributed by atoms with Crippen LogP contribution in [0.3, 0.4) is 0 Å². The molecule has 1 aliphatic rings. The van der Waals surface area contributed by atoms with Crippen molar-refractivity contribution in [2.45, 2.75) is 64.0 Å². The number of nitrogens with one attached hydrogen (secondary N) is 1. The Morgan fingerprint density at radius 2 is 2.00 bits per heavy atom. The molecule has 0 radical (unpaired) electrons. The minimum absolute atomic E-state index is 0.0564. The van der Waals surface area contributed by atoms with Gasteiger partial charge in [-0.15, -0.1) is 0 Å². The number of imidazole rings is 1. The molecule has 0 aliphatic carbocycles. The molecule has 0 unspecified atom stereocenters. The van der Waals surface area contributed by atoms with Gasteiger partial charge < -0.3 is 9.88 Å². The molecule has 0 spiro atoms. The molecule has 0 fully saturated rings. The van der Waals surface area contributed by atoms with Crippen LogP contribution in [-0.2, 0) is 28.6 Å². The van der Waals surface area contributed by atoms with Gasteiger partial charge in [-0.25, -0.2) is 13.4 Å². The van der Waals surface area contributed by atoms with Crippen molar-refractivity contribution in [3.05, 3.63) is 47.0 Å². The molecule has 3 rings (SSSR count). The topological polar surface area (TPSA) is 81.1 Å². The summed E-state index contributed by atoms with van der Waals surface area (Å²) in [5.41, 5.74) is 2.70. The fourth-order valence-corrected chi connectivity index (χ4v) is 4.32. The summed E-state index contributed by atoms with van der Waals surface area (Å²) in [5, 5.41) is 2.88. The van der Waals surface area contributed by atoms with Crippen molar-refractivity contribution in [2.75, 3.05) is 5.32 Å². The van der Waals surface area contributed by atoms with Crippen LogP contribution in [0, 0.1) is 6.92 Å². The zero-order chi connectivity index (χ0) is 19.8. The molecule has 1 aromatic heterocycles. The van der Waals surface area contributed by atoms with Crippen LogP contribution in [0.4, 0.5) is 5.69 Å². The van der Waals surface area contributed by atoms with E-state index in [1.165, 1.54) is 0 Å². The predicted octanol–water partition coefficient (Wildman–Crippen LogP) is 3.49. The summed E-state index contributed by atoms with van der Waals surface area (Å²) in [6.07, 6.45) is 3.02. The van der Waals surface area contributed by atoms with Crippen molar-refractivity contribution in [1.29, 1.82) is 0 Å². The van der Waals surface area contributed by atoms with Crippen LogP contribution in [-0.4, -0.2) is 28.6 Å². The van der Waals surface area contributed by atoms with Crippen LogP contribution in [0.5, 0.6) is 0 Å². The third-order valence-corrected chi connectivity index (χ3v) is 7.58. The summed E-state index contributed by atoms with van der Waals surface area (Å²) < 4.78 is 26.2. The van der Waals surface area contributed by atoms with Gasteiger partial charge in [0.15, 0.2) is 9.84 Å². The lowest BCUT2D eigenvalue weighted by Crippen LogP contribution is -2.29. The number of aryl methyl sites for hydroxylation is 1. The number of aromatic nitrogens is 2. The van der Waals surface area contributed by atoms with E-state index < -0.39 is 14.6 Å². The first-order valence-electron chi connectivity index (χ1n) is 9.27. The fraction of sp³-hybridized carbons (Fsp3) is 0.500. The zero-order valence-corrected chi connectivity index (χ0v) is 17.2. The largest absolute Gasteiger partial charge is 0.331 e. The molecule has 2 heterocycles. The van der Waals surface area contributed by atoms with Crippen molar-refractivity contribution in [3.63, 3.8) is 0 Å². The van der Waals surface area contributed by atoms with Gasteiger partial charge in [-0.2, -0.15) is 0 Å². The lowest BCUT2D eigenvalue weighted by molar-refractivity contribution is 0.102. The maximum absolute atomic E-state index is 12.7. The number of nitrogens with zero attached hydrogens (tertiary/aromatic N) is 2. The third-order valence-electron chi connectivity index (χ3n) is 5.00. The van der Waals surface area contributed by atoms with Crippen LogP contribution in [0.25, 0.3) is 0 Å². The SMILES string of the molecule is Cc1nc(C(=O)Nc2cccc(CS(=O)(=O)C(C)(C)C)c2)c2n1CCCC2. The molecule has 7 heteroatoms. The molecule has 0 saturated carbocycles. The highest BCUT2D eigenvalue weighted by molar-refractivity contribution is 7.91. The first kappa shape index (κ1) is 19.6. The highest BCUT2D eigenvalue weighted by Crippen LogP contribution is 2.24. The number of sulfone groups is 1. The van der Waals surface area contributed by atoms with Crippen molar-refractivity contribution >= 4 is 21.4 Å². The van der Waals surface area contributed by atoms with Gasteiger partial charge in [0.25, 0.3) is 5.91 Å². The quantitative estimate of drug-likeness (QED) is 0.868. The van der Waals surface area contributed by atoms with Crippen molar-refractivity contribution in [2.24, 2.45) is 0 Å². The number of amides is 1. The number of benzene rings is 1. The molecule has 2 aromatic rings. The van der Waals surface area contributed by atoms with Crippen LogP contribution in [0.1, 0.15) is 61.2 Å². The minimum atomic E-state index is -3.29. The number of anilines is 1. The Morgan fingerprint density at radius 1 is 1.26 bits per heavy atom. The first-order chi connectivity index (χ1) is 12.6. The Bertz CT molecular complexity index is 969. The van der Waals surface area contributed by atoms with Crippen molar-refractivity contribution in [1.82, 2.24) is 9.55 Å². The second kappa shape index (κ2) is 7.11. The van der Waals surface area contributed by atoms with Gasteiger partial charge in [0.2, 0.25) is 0 Å². The number of fused-ring (bicyclic) bond motifs is 1. The summed E-state index contributed by atoms with van der Waals surface area (Å²) in [4.78, 5) is 17.2. The molecule has 6 nitrogen and oxygen atoms in total. The van der Waals surface area contributed by atoms with Crippen molar-refractivity contribution < 1.29 is 13.2 Å². The number of rotatable bonds is 4. The highest BCUT2D eigenvalue weighted by atomic mass is 32.2. The maximum Gasteiger partial charge on any atom is 0.276 e. The Morgan fingerprint density at radius 3 is 2.70 bits per heavy atom. The lowest BCUT2D eigenvalue weighted by Gasteiger charge is -2.19. The number of hydrogen-bond acceptors (Lipinski definition) is 4. The molecule has 27 heavy (non-hydrogen) atoms. The summed E-state index contributed by atoms with van der Waals surface area (Å²) in [7, 11) is -3.29. The zero-order valence-electron chi connectivity index (χ0n) is 16.4. The van der Waals surface area contributed by atoms with Gasteiger partial charge in [-0.05, 0) is 64.7 Å². The van der Waals surface area contributed by atoms with E-state index in [-0.39, 0.29) is 11.7 Å². The molecule has 0 atom stereocenters. The predicted molar refractivity (Wildman–Crippen MR) is 107 cm³/mol. The van der Waals surface area contributed by atoms with Gasteiger partial charge in [0.05, 0.1) is 16.2 Å². The molecule has 1 N–H and O–H groups in total. The van der Waals surface area contributed by atoms with Gasteiger partial charge in [0.1, 0.15) is 11.5 Å². The number of hydrogen-bond donors (Lipinski definition) is 1. The average Bonchev–Trinajstić information content (AvgIpc) is 2.91. The number of carbonyl (C=O) groups is 1. The number of carbonyl (C=O) groups excluding carboxylic acids is 1. The standard InChI is InChI=1S/C20H27N3O3S/c1-14-21-18(17-10-5-6-11-23(14)17)19(24)22-16-9-7-8-15(12-16)13-27(25,26)20(2,3)4/h7-9,12H,5-6,10-11,13H2,1-4H3,(H,22,24). The smallest absolute Gasteiger partial charge is 0.276 e. The summed E-state index contributed by atoms with van der Waals surface area (Å²) >= 11 is 0. The van der Waals surface area contributed by atoms with Crippen LogP contribution in [0.2, 0.25) is 0 Å². The molecule has 146 valence electrons. The van der Waals surface area contributed by atoms with Crippen LogP contribution < -0.4 is 5.32 Å². The van der Waals surface area contributed by atoms with Crippen LogP contribution in [0.15, 0.2) is 24.3 Å². The van der Waals surface area contributed by atoms with E-state index in [1.54, 1.807) is 45.0 Å². The fourth-order valence-electron chi connectivity index (χ4n) is 3.27. The molecular weight excluding hydrogens is 362 g/mol. The minimum Gasteiger partial charge on any atom is -0.331 e. The Kier molecular flexibility index (Phi) is 5.16. The van der Waals surface area contributed by atoms with E-state index in [4.69, 9.17) is 0 Å². The van der Waals surface area contributed by atoms with Crippen molar-refractivity contribution in [3.8, 4) is 0 Å². The normalized spacial score (nSPS) is 14.7. The monoisotopic (exact) mass is 389 g/mol. The second-order valence-electron chi connectivity index (χ2n) is 8.09. The molecule has 1 aliphatic heterocycles. The molecule has 1 amide bonds. The average molecular weight is 390 g/mol. The van der Waals surface area contributed by atoms with Gasteiger partial charge in [-0.1, -0.05) is 12.1 Å². The summed E-state index contributed by atoms with van der Waals surface area (Å²) in [5.74, 6) is 0.559. The van der Waals surface area contributed by atoms with Crippen LogP contribution >= 0.6 is 0 Å². The Hall–Kier alpha value is -2.15. The summed E-state index contributed by atoms with van der Waals surface area (Å²) in [6.45, 7) is 7.90. The molecular formula is C20H27N3O3S. The van der Waals surface area contributed by atoms with E-state index in [0.29, 0.717) is 16.9 Å². The lowest BCUT2D eigenvalue weighted by atomic mass is 10.1. The highest BCUT2D eigenvalue weighted by Gasteiger charge is 2.29. The van der Waals surface area contributed by atoms with E-state index in [9.17, 15) is 13.2 Å². The van der Waals surface area contributed by atoms with Gasteiger partial charge >= 0.3 is 0 Å². The van der Waals surface area contributed by atoms with E-state index >= 15 is 0 Å². The molecule has 0 bridgehead atoms. The van der Waals surface area contributed by atoms with E-state index in [1.807, 2.05) is 6.92 Å². The van der Waals surface area contributed by atoms with Gasteiger partial charge in [-0.3, -0.25) is 4.79 Å². The summed E-state index contributed by atoms with van der Waals surface area (Å²) in [6, 6.07) is 7.01.